The molecule has 1 aromatic carbocycles. The number of hydrogen-bond acceptors (Lipinski definition) is 2. The molecule has 126 valence electrons. The Balaban J connectivity index is 1.69. The lowest BCUT2D eigenvalue weighted by molar-refractivity contribution is -0.117. The first-order valence-electron chi connectivity index (χ1n) is 8.88. The Kier molecular flexibility index (Phi) is 7.34. The van der Waals surface area contributed by atoms with Crippen molar-refractivity contribution in [2.45, 2.75) is 45.6 Å². The molecule has 3 nitrogen and oxygen atoms in total. The molecular formula is C20H30N2O. The number of hydrogen-bond donors (Lipinski definition) is 1. The number of rotatable bonds is 7. The molecule has 2 rings (SSSR count). The fraction of sp³-hybridized carbons (Fsp3) is 0.550. The normalized spacial score (nSPS) is 19.3. The van der Waals surface area contributed by atoms with E-state index in [4.69, 9.17) is 0 Å². The smallest absolute Gasteiger partial charge is 0.243 e. The number of amides is 1. The number of allylic oxidation sites excluding steroid dienone is 1. The molecule has 0 aromatic heterocycles. The van der Waals surface area contributed by atoms with Crippen LogP contribution in [0.5, 0.6) is 0 Å². The van der Waals surface area contributed by atoms with E-state index in [1.807, 2.05) is 6.08 Å². The molecule has 1 aliphatic heterocycles. The first kappa shape index (κ1) is 17.7. The molecule has 0 unspecified atom stereocenters. The first-order valence-corrected chi connectivity index (χ1v) is 8.88. The fourth-order valence-electron chi connectivity index (χ4n) is 3.06. The van der Waals surface area contributed by atoms with E-state index >= 15 is 0 Å². The topological polar surface area (TPSA) is 32.3 Å². The number of nitrogens with one attached hydrogen (secondary N) is 1. The maximum atomic E-state index is 11.9. The average Bonchev–Trinajstić information content (AvgIpc) is 2.54. The van der Waals surface area contributed by atoms with E-state index in [2.05, 4.69) is 54.4 Å². The van der Waals surface area contributed by atoms with Crippen molar-refractivity contribution >= 4 is 5.91 Å². The summed E-state index contributed by atoms with van der Waals surface area (Å²) in [6.07, 6.45) is 8.21. The zero-order valence-corrected chi connectivity index (χ0v) is 14.5. The summed E-state index contributed by atoms with van der Waals surface area (Å²) in [5.41, 5.74) is 1.41. The van der Waals surface area contributed by atoms with Gasteiger partial charge in [-0.1, -0.05) is 50.3 Å². The van der Waals surface area contributed by atoms with E-state index in [9.17, 15) is 4.79 Å². The molecule has 0 saturated carbocycles. The molecule has 0 radical (unpaired) electrons. The third-order valence-corrected chi connectivity index (χ3v) is 4.27. The first-order chi connectivity index (χ1) is 11.1. The molecular weight excluding hydrogens is 284 g/mol. The number of piperidine rings is 1. The number of nitrogens with zero attached hydrogens (tertiary/aromatic N) is 1. The number of aryl methyl sites for hydroxylation is 1. The molecule has 1 aromatic rings. The van der Waals surface area contributed by atoms with Gasteiger partial charge in [0.2, 0.25) is 5.91 Å². The van der Waals surface area contributed by atoms with Crippen LogP contribution in [0.2, 0.25) is 0 Å². The Morgan fingerprint density at radius 1 is 1.35 bits per heavy atom. The lowest BCUT2D eigenvalue weighted by atomic mass is 10.0. The van der Waals surface area contributed by atoms with Gasteiger partial charge in [-0.05, 0) is 56.3 Å². The van der Waals surface area contributed by atoms with Gasteiger partial charge in [-0.2, -0.15) is 0 Å². The highest BCUT2D eigenvalue weighted by Crippen LogP contribution is 2.12. The average molecular weight is 314 g/mol. The van der Waals surface area contributed by atoms with Gasteiger partial charge in [0.25, 0.3) is 0 Å². The second-order valence-corrected chi connectivity index (χ2v) is 6.84. The van der Waals surface area contributed by atoms with Gasteiger partial charge in [0.15, 0.2) is 0 Å². The highest BCUT2D eigenvalue weighted by molar-refractivity contribution is 5.87. The lowest BCUT2D eigenvalue weighted by Crippen LogP contribution is -2.47. The van der Waals surface area contributed by atoms with Gasteiger partial charge >= 0.3 is 0 Å². The summed E-state index contributed by atoms with van der Waals surface area (Å²) in [5.74, 6) is 0.469. The van der Waals surface area contributed by atoms with Crippen LogP contribution in [0, 0.1) is 5.92 Å². The summed E-state index contributed by atoms with van der Waals surface area (Å²) in [5, 5.41) is 3.14. The SMILES string of the molecule is CC(C)/C=C/C(=O)N[C@@H]1CCCN(CCCc2ccccc2)C1. The molecule has 1 aliphatic rings. The fourth-order valence-corrected chi connectivity index (χ4v) is 3.06. The third-order valence-electron chi connectivity index (χ3n) is 4.27. The number of likely N-dealkylation sites (tertiary alicyclic amines) is 1. The van der Waals surface area contributed by atoms with Crippen molar-refractivity contribution in [3.8, 4) is 0 Å². The minimum Gasteiger partial charge on any atom is -0.349 e. The summed E-state index contributed by atoms with van der Waals surface area (Å²) in [7, 11) is 0. The molecule has 23 heavy (non-hydrogen) atoms. The Bertz CT molecular complexity index is 496. The van der Waals surface area contributed by atoms with Crippen LogP contribution in [0.4, 0.5) is 0 Å². The van der Waals surface area contributed by atoms with Gasteiger partial charge in [-0.15, -0.1) is 0 Å². The van der Waals surface area contributed by atoms with Gasteiger partial charge in [0.1, 0.15) is 0 Å². The second-order valence-electron chi connectivity index (χ2n) is 6.84. The van der Waals surface area contributed by atoms with E-state index in [0.29, 0.717) is 12.0 Å². The molecule has 3 heteroatoms. The minimum absolute atomic E-state index is 0.0508. The third kappa shape index (κ3) is 7.00. The lowest BCUT2D eigenvalue weighted by Gasteiger charge is -2.33. The second kappa shape index (κ2) is 9.51. The maximum Gasteiger partial charge on any atom is 0.243 e. The van der Waals surface area contributed by atoms with E-state index in [1.54, 1.807) is 6.08 Å². The van der Waals surface area contributed by atoms with Crippen LogP contribution in [0.15, 0.2) is 42.5 Å². The monoisotopic (exact) mass is 314 g/mol. The predicted octanol–water partition coefficient (Wildman–Crippen LogP) is 3.41. The Hall–Kier alpha value is -1.61. The summed E-state index contributed by atoms with van der Waals surface area (Å²) < 4.78 is 0. The van der Waals surface area contributed by atoms with Crippen LogP contribution in [-0.2, 0) is 11.2 Å². The maximum absolute atomic E-state index is 11.9. The number of carbonyl (C=O) groups excluding carboxylic acids is 1. The van der Waals surface area contributed by atoms with Crippen LogP contribution in [0.3, 0.4) is 0 Å². The standard InChI is InChI=1S/C20H30N2O/c1-17(2)12-13-20(23)21-19-11-7-15-22(16-19)14-6-10-18-8-4-3-5-9-18/h3-5,8-9,12-13,17,19H,6-7,10-11,14-16H2,1-2H3,(H,21,23)/b13-12+/t19-/m1/s1. The van der Waals surface area contributed by atoms with Crippen molar-refractivity contribution in [3.63, 3.8) is 0 Å². The van der Waals surface area contributed by atoms with E-state index in [0.717, 1.165) is 32.5 Å². The van der Waals surface area contributed by atoms with Gasteiger partial charge in [-0.3, -0.25) is 4.79 Å². The predicted molar refractivity (Wildman–Crippen MR) is 96.3 cm³/mol. The molecule has 1 saturated heterocycles. The number of benzene rings is 1. The van der Waals surface area contributed by atoms with Crippen molar-refractivity contribution in [2.75, 3.05) is 19.6 Å². The van der Waals surface area contributed by atoms with Crippen LogP contribution in [-0.4, -0.2) is 36.5 Å². The molecule has 1 heterocycles. The zero-order chi connectivity index (χ0) is 16.5. The molecule has 0 aliphatic carbocycles. The molecule has 0 bridgehead atoms. The summed E-state index contributed by atoms with van der Waals surface area (Å²) in [4.78, 5) is 14.4. The van der Waals surface area contributed by atoms with E-state index < -0.39 is 0 Å². The van der Waals surface area contributed by atoms with Crippen LogP contribution in [0.25, 0.3) is 0 Å². The van der Waals surface area contributed by atoms with E-state index in [1.165, 1.54) is 18.4 Å². The molecule has 0 spiro atoms. The van der Waals surface area contributed by atoms with Gasteiger partial charge in [0.05, 0.1) is 0 Å². The van der Waals surface area contributed by atoms with Gasteiger partial charge < -0.3 is 10.2 Å². The van der Waals surface area contributed by atoms with Crippen LogP contribution in [0.1, 0.15) is 38.7 Å². The zero-order valence-electron chi connectivity index (χ0n) is 14.5. The van der Waals surface area contributed by atoms with Gasteiger partial charge in [0, 0.05) is 12.6 Å². The Morgan fingerprint density at radius 2 is 2.13 bits per heavy atom. The van der Waals surface area contributed by atoms with Crippen LogP contribution < -0.4 is 5.32 Å². The quantitative estimate of drug-likeness (QED) is 0.782. The Morgan fingerprint density at radius 3 is 2.87 bits per heavy atom. The van der Waals surface area contributed by atoms with E-state index in [-0.39, 0.29) is 5.91 Å². The number of carbonyl (C=O) groups is 1. The van der Waals surface area contributed by atoms with Crippen molar-refractivity contribution in [1.29, 1.82) is 0 Å². The molecule has 1 fully saturated rings. The summed E-state index contributed by atoms with van der Waals surface area (Å²) in [6.45, 7) is 7.42. The van der Waals surface area contributed by atoms with Crippen LogP contribution >= 0.6 is 0 Å². The molecule has 1 N–H and O–H groups in total. The van der Waals surface area contributed by atoms with Crippen molar-refractivity contribution in [3.05, 3.63) is 48.0 Å². The summed E-state index contributed by atoms with van der Waals surface area (Å²) in [6, 6.07) is 11.0. The van der Waals surface area contributed by atoms with Gasteiger partial charge in [-0.25, -0.2) is 0 Å². The van der Waals surface area contributed by atoms with Crippen molar-refractivity contribution in [1.82, 2.24) is 10.2 Å². The molecule has 1 amide bonds. The van der Waals surface area contributed by atoms with Crippen molar-refractivity contribution < 1.29 is 4.79 Å². The largest absolute Gasteiger partial charge is 0.349 e. The summed E-state index contributed by atoms with van der Waals surface area (Å²) >= 11 is 0. The molecule has 1 atom stereocenters. The highest BCUT2D eigenvalue weighted by atomic mass is 16.1. The Labute approximate surface area is 140 Å². The van der Waals surface area contributed by atoms with Crippen molar-refractivity contribution in [2.24, 2.45) is 5.92 Å². The highest BCUT2D eigenvalue weighted by Gasteiger charge is 2.20. The minimum atomic E-state index is 0.0508.